The Kier molecular flexibility index (Phi) is 4.87. The molecule has 1 aromatic carbocycles. The van der Waals surface area contributed by atoms with E-state index in [0.29, 0.717) is 0 Å². The number of aliphatic hydroxyl groups excluding tert-OH is 1. The standard InChI is InChI=1S/C14H18N2OS/c1-11-15-8-14(18-11)9-16-13(10-17)7-12-5-3-2-4-6-12/h2-6,8,13,16-17H,7,9-10H2,1H3. The fourth-order valence-electron chi connectivity index (χ4n) is 1.83. The summed E-state index contributed by atoms with van der Waals surface area (Å²) in [5.74, 6) is 0. The van der Waals surface area contributed by atoms with Crippen LogP contribution in [0.3, 0.4) is 0 Å². The van der Waals surface area contributed by atoms with Gasteiger partial charge in [0.25, 0.3) is 0 Å². The van der Waals surface area contributed by atoms with E-state index in [1.54, 1.807) is 11.3 Å². The van der Waals surface area contributed by atoms with Gasteiger partial charge < -0.3 is 10.4 Å². The Balaban J connectivity index is 1.86. The van der Waals surface area contributed by atoms with Crippen LogP contribution in [0.2, 0.25) is 0 Å². The van der Waals surface area contributed by atoms with Gasteiger partial charge in [-0.3, -0.25) is 0 Å². The number of rotatable bonds is 6. The lowest BCUT2D eigenvalue weighted by atomic mass is 10.1. The number of thiazole rings is 1. The van der Waals surface area contributed by atoms with Gasteiger partial charge >= 0.3 is 0 Å². The van der Waals surface area contributed by atoms with Crippen molar-refractivity contribution in [1.29, 1.82) is 0 Å². The second-order valence-corrected chi connectivity index (χ2v) is 5.62. The van der Waals surface area contributed by atoms with Crippen LogP contribution in [0, 0.1) is 6.92 Å². The molecular weight excluding hydrogens is 244 g/mol. The first-order chi connectivity index (χ1) is 8.78. The smallest absolute Gasteiger partial charge is 0.0897 e. The molecule has 4 heteroatoms. The molecule has 96 valence electrons. The molecule has 0 radical (unpaired) electrons. The maximum Gasteiger partial charge on any atom is 0.0897 e. The third-order valence-electron chi connectivity index (χ3n) is 2.78. The molecule has 2 aromatic rings. The van der Waals surface area contributed by atoms with Crippen molar-refractivity contribution in [1.82, 2.24) is 10.3 Å². The van der Waals surface area contributed by atoms with Crippen LogP contribution in [0.25, 0.3) is 0 Å². The summed E-state index contributed by atoms with van der Waals surface area (Å²) in [6.07, 6.45) is 2.74. The van der Waals surface area contributed by atoms with Crippen LogP contribution in [-0.2, 0) is 13.0 Å². The van der Waals surface area contributed by atoms with Crippen LogP contribution in [0.5, 0.6) is 0 Å². The second kappa shape index (κ2) is 6.64. The summed E-state index contributed by atoms with van der Waals surface area (Å²) < 4.78 is 0. The van der Waals surface area contributed by atoms with Crippen molar-refractivity contribution >= 4 is 11.3 Å². The average Bonchev–Trinajstić information content (AvgIpc) is 2.81. The van der Waals surface area contributed by atoms with Gasteiger partial charge in [0.15, 0.2) is 0 Å². The summed E-state index contributed by atoms with van der Waals surface area (Å²) in [4.78, 5) is 5.43. The molecule has 2 rings (SSSR count). The highest BCUT2D eigenvalue weighted by atomic mass is 32.1. The third kappa shape index (κ3) is 3.91. The van der Waals surface area contributed by atoms with E-state index in [1.807, 2.05) is 31.3 Å². The summed E-state index contributed by atoms with van der Waals surface area (Å²) in [6.45, 7) is 2.91. The maximum absolute atomic E-state index is 9.40. The SMILES string of the molecule is Cc1ncc(CNC(CO)Cc2ccccc2)s1. The number of aliphatic hydroxyl groups is 1. The fraction of sp³-hybridized carbons (Fsp3) is 0.357. The van der Waals surface area contributed by atoms with Crippen LogP contribution in [0.4, 0.5) is 0 Å². The monoisotopic (exact) mass is 262 g/mol. The van der Waals surface area contributed by atoms with Crippen LogP contribution in [0.1, 0.15) is 15.4 Å². The van der Waals surface area contributed by atoms with E-state index in [9.17, 15) is 5.11 Å². The molecule has 1 aromatic heterocycles. The summed E-state index contributed by atoms with van der Waals surface area (Å²) in [6, 6.07) is 10.3. The molecule has 0 aliphatic heterocycles. The van der Waals surface area contributed by atoms with Gasteiger partial charge in [-0.05, 0) is 18.9 Å². The van der Waals surface area contributed by atoms with Gasteiger partial charge in [-0.15, -0.1) is 11.3 Å². The number of aromatic nitrogens is 1. The topological polar surface area (TPSA) is 45.2 Å². The van der Waals surface area contributed by atoms with Gasteiger partial charge in [0, 0.05) is 23.7 Å². The van der Waals surface area contributed by atoms with Crippen molar-refractivity contribution in [3.8, 4) is 0 Å². The largest absolute Gasteiger partial charge is 0.395 e. The summed E-state index contributed by atoms with van der Waals surface area (Å²) in [5, 5.41) is 13.8. The molecule has 0 amide bonds. The van der Waals surface area contributed by atoms with Crippen molar-refractivity contribution in [3.05, 3.63) is 52.0 Å². The van der Waals surface area contributed by atoms with E-state index in [1.165, 1.54) is 10.4 Å². The summed E-state index contributed by atoms with van der Waals surface area (Å²) in [7, 11) is 0. The molecule has 0 aliphatic carbocycles. The predicted octanol–water partition coefficient (Wildman–Crippen LogP) is 2.14. The minimum absolute atomic E-state index is 0.0924. The molecule has 0 saturated heterocycles. The Morgan fingerprint density at radius 3 is 2.72 bits per heavy atom. The zero-order valence-electron chi connectivity index (χ0n) is 10.5. The van der Waals surface area contributed by atoms with Crippen molar-refractivity contribution in [3.63, 3.8) is 0 Å². The maximum atomic E-state index is 9.40. The van der Waals surface area contributed by atoms with E-state index in [4.69, 9.17) is 0 Å². The zero-order chi connectivity index (χ0) is 12.8. The molecule has 18 heavy (non-hydrogen) atoms. The number of aryl methyl sites for hydroxylation is 1. The van der Waals surface area contributed by atoms with Gasteiger partial charge in [0.1, 0.15) is 0 Å². The zero-order valence-corrected chi connectivity index (χ0v) is 11.3. The Morgan fingerprint density at radius 1 is 1.33 bits per heavy atom. The molecule has 0 bridgehead atoms. The molecule has 1 heterocycles. The first-order valence-electron chi connectivity index (χ1n) is 6.07. The minimum atomic E-state index is 0.0924. The van der Waals surface area contributed by atoms with Crippen molar-refractivity contribution < 1.29 is 5.11 Å². The Hall–Kier alpha value is -1.23. The molecule has 2 N–H and O–H groups in total. The van der Waals surface area contributed by atoms with Gasteiger partial charge in [0.05, 0.1) is 11.6 Å². The highest BCUT2D eigenvalue weighted by molar-refractivity contribution is 7.11. The number of hydrogen-bond donors (Lipinski definition) is 2. The highest BCUT2D eigenvalue weighted by Gasteiger charge is 2.08. The molecule has 0 spiro atoms. The van der Waals surface area contributed by atoms with Crippen molar-refractivity contribution in [2.75, 3.05) is 6.61 Å². The second-order valence-electron chi connectivity index (χ2n) is 4.30. The quantitative estimate of drug-likeness (QED) is 0.838. The summed E-state index contributed by atoms with van der Waals surface area (Å²) in [5.41, 5.74) is 1.24. The normalized spacial score (nSPS) is 12.6. The fourth-order valence-corrected chi connectivity index (χ4v) is 2.58. The van der Waals surface area contributed by atoms with Crippen LogP contribution in [0.15, 0.2) is 36.5 Å². The minimum Gasteiger partial charge on any atom is -0.395 e. The Bertz CT molecular complexity index is 470. The lowest BCUT2D eigenvalue weighted by Gasteiger charge is -2.15. The van der Waals surface area contributed by atoms with Crippen molar-refractivity contribution in [2.45, 2.75) is 25.9 Å². The van der Waals surface area contributed by atoms with Gasteiger partial charge in [-0.2, -0.15) is 0 Å². The number of nitrogens with zero attached hydrogens (tertiary/aromatic N) is 1. The van der Waals surface area contributed by atoms with Crippen LogP contribution < -0.4 is 5.32 Å². The molecule has 0 fully saturated rings. The van der Waals surface area contributed by atoms with Gasteiger partial charge in [-0.1, -0.05) is 30.3 Å². The first-order valence-corrected chi connectivity index (χ1v) is 6.89. The predicted molar refractivity (Wildman–Crippen MR) is 74.7 cm³/mol. The van der Waals surface area contributed by atoms with Crippen LogP contribution in [-0.4, -0.2) is 22.7 Å². The van der Waals surface area contributed by atoms with E-state index in [-0.39, 0.29) is 12.6 Å². The lowest BCUT2D eigenvalue weighted by molar-refractivity contribution is 0.241. The van der Waals surface area contributed by atoms with Gasteiger partial charge in [-0.25, -0.2) is 4.98 Å². The third-order valence-corrected chi connectivity index (χ3v) is 3.69. The molecule has 0 saturated carbocycles. The first kappa shape index (κ1) is 13.2. The number of hydrogen-bond acceptors (Lipinski definition) is 4. The summed E-state index contributed by atoms with van der Waals surface area (Å²) >= 11 is 1.69. The van der Waals surface area contributed by atoms with E-state index >= 15 is 0 Å². The Labute approximate surface area is 112 Å². The van der Waals surface area contributed by atoms with Gasteiger partial charge in [0.2, 0.25) is 0 Å². The van der Waals surface area contributed by atoms with E-state index in [0.717, 1.165) is 18.0 Å². The molecule has 0 aliphatic rings. The highest BCUT2D eigenvalue weighted by Crippen LogP contribution is 2.11. The Morgan fingerprint density at radius 2 is 2.11 bits per heavy atom. The number of nitrogens with one attached hydrogen (secondary N) is 1. The lowest BCUT2D eigenvalue weighted by Crippen LogP contribution is -2.33. The number of benzene rings is 1. The van der Waals surface area contributed by atoms with Crippen molar-refractivity contribution in [2.24, 2.45) is 0 Å². The molecule has 1 atom stereocenters. The van der Waals surface area contributed by atoms with E-state index in [2.05, 4.69) is 22.4 Å². The average molecular weight is 262 g/mol. The van der Waals surface area contributed by atoms with E-state index < -0.39 is 0 Å². The molecule has 1 unspecified atom stereocenters. The molecular formula is C14H18N2OS. The van der Waals surface area contributed by atoms with Crippen LogP contribution >= 0.6 is 11.3 Å². The molecule has 3 nitrogen and oxygen atoms in total.